The van der Waals surface area contributed by atoms with Crippen molar-refractivity contribution in [3.05, 3.63) is 35.9 Å². The number of carbonyl (C=O) groups is 10. The van der Waals surface area contributed by atoms with Crippen molar-refractivity contribution < 1.29 is 58.2 Å². The quantitative estimate of drug-likeness (QED) is 0.0528. The maximum Gasteiger partial charge on any atom is 0.245 e. The Bertz CT molecular complexity index is 2180. The molecule has 2 fully saturated rings. The van der Waals surface area contributed by atoms with Gasteiger partial charge in [0.2, 0.25) is 59.1 Å². The molecule has 0 bridgehead atoms. The maximum atomic E-state index is 14.4. The fourth-order valence-corrected chi connectivity index (χ4v) is 9.66. The molecule has 0 radical (unpaired) electrons. The van der Waals surface area contributed by atoms with Crippen LogP contribution >= 0.6 is 0 Å². The van der Waals surface area contributed by atoms with Gasteiger partial charge < -0.3 is 86.3 Å². The molecule has 1 saturated heterocycles. The molecule has 1 aliphatic carbocycles. The molecule has 0 spiro atoms. The number of carbonyl (C=O) groups excluding carboxylic acids is 10. The van der Waals surface area contributed by atoms with Crippen LogP contribution in [-0.4, -0.2) is 169 Å². The van der Waals surface area contributed by atoms with Crippen LogP contribution in [0.25, 0.3) is 0 Å². The van der Waals surface area contributed by atoms with Gasteiger partial charge in [-0.25, -0.2) is 0 Å². The largest absolute Gasteiger partial charge is 0.391 e. The molecule has 1 aromatic carbocycles. The summed E-state index contributed by atoms with van der Waals surface area (Å²) in [4.78, 5) is 141. The van der Waals surface area contributed by atoms with E-state index in [1.165, 1.54) is 13.8 Å². The summed E-state index contributed by atoms with van der Waals surface area (Å²) < 4.78 is 0. The third-order valence-corrected chi connectivity index (χ3v) is 13.8. The van der Waals surface area contributed by atoms with E-state index < -0.39 is 145 Å². The third kappa shape index (κ3) is 21.7. The van der Waals surface area contributed by atoms with Crippen molar-refractivity contribution in [2.45, 2.75) is 185 Å². The van der Waals surface area contributed by atoms with Crippen LogP contribution in [0.3, 0.4) is 0 Å². The van der Waals surface area contributed by atoms with Gasteiger partial charge in [0.05, 0.1) is 18.1 Å². The molecule has 0 aromatic heterocycles. The second kappa shape index (κ2) is 34.0. The van der Waals surface area contributed by atoms with Crippen LogP contribution in [0.15, 0.2) is 30.3 Å². The lowest BCUT2D eigenvalue weighted by Crippen LogP contribution is -2.61. The Morgan fingerprint density at radius 2 is 1.01 bits per heavy atom. The second-order valence-corrected chi connectivity index (χ2v) is 21.5. The smallest absolute Gasteiger partial charge is 0.245 e. The van der Waals surface area contributed by atoms with E-state index in [1.807, 2.05) is 30.3 Å². The average molecular weight is 1120 g/mol. The summed E-state index contributed by atoms with van der Waals surface area (Å²) in [7, 11) is 0. The van der Waals surface area contributed by atoms with Crippen molar-refractivity contribution in [1.82, 2.24) is 53.2 Å². The monoisotopic (exact) mass is 1110 g/mol. The molecule has 3 rings (SSSR count). The van der Waals surface area contributed by atoms with Crippen LogP contribution in [0, 0.1) is 17.8 Å². The summed E-state index contributed by atoms with van der Waals surface area (Å²) in [5.74, 6) is -9.51. The van der Waals surface area contributed by atoms with Gasteiger partial charge in [-0.1, -0.05) is 70.9 Å². The van der Waals surface area contributed by atoms with Crippen molar-refractivity contribution >= 4 is 59.1 Å². The highest BCUT2D eigenvalue weighted by molar-refractivity contribution is 5.99. The molecule has 26 heteroatoms. The zero-order valence-corrected chi connectivity index (χ0v) is 46.6. The Hall–Kier alpha value is -6.32. The molecule has 10 amide bonds. The number of nitrogens with two attached hydrogens (primary N) is 4. The lowest BCUT2D eigenvalue weighted by molar-refractivity contribution is -0.136. The van der Waals surface area contributed by atoms with Crippen molar-refractivity contribution in [2.24, 2.45) is 40.7 Å². The van der Waals surface area contributed by atoms with Gasteiger partial charge in [0, 0.05) is 6.54 Å². The van der Waals surface area contributed by atoms with Gasteiger partial charge in [-0.3, -0.25) is 47.9 Å². The Morgan fingerprint density at radius 1 is 0.557 bits per heavy atom. The average Bonchev–Trinajstić information content (AvgIpc) is 3.93. The Labute approximate surface area is 463 Å². The Morgan fingerprint density at radius 3 is 1.46 bits per heavy atom. The van der Waals surface area contributed by atoms with Crippen molar-refractivity contribution in [3.8, 4) is 0 Å². The number of aliphatic hydroxyl groups excluding tert-OH is 2. The maximum absolute atomic E-state index is 14.4. The van der Waals surface area contributed by atoms with E-state index in [0.29, 0.717) is 0 Å². The minimum absolute atomic E-state index is 0.0178. The summed E-state index contributed by atoms with van der Waals surface area (Å²) in [5.41, 5.74) is 24.3. The topological polar surface area (TPSA) is 436 Å². The van der Waals surface area contributed by atoms with E-state index in [9.17, 15) is 58.2 Å². The standard InChI is InChI=1S/C53H90N14O12/c1-28(2)26-39-49(75)61-34(16-21-54)44(70)60-37(19-24-57)48(74)66-42(30(5)68)52(78)58-25-20-38(47(73)59-35(17-22-55)46(72)64-40(27-29(3)4)50(76)65-39)62-45(71)36(18-23-56)63-53(79)43(31(6)69)67-51(77)41(33-14-10-11-15-33)32-12-8-7-9-13-32/h7-9,12-13,28-31,33-43,68-69H,10-11,14-27,54-57H2,1-6H3,(H,58,78)(H,59,73)(H,60,70)(H,61,75)(H,62,71)(H,63,79)(H,64,72)(H,65,76)(H,66,74)(H,67,77)/t30-,31-,34+,35?,36+,37+,38+,39?,40?,41?,42+,43+/m1/s1. The molecule has 79 heavy (non-hydrogen) atoms. The molecule has 1 aromatic rings. The molecule has 1 heterocycles. The van der Waals surface area contributed by atoms with Gasteiger partial charge in [-0.15, -0.1) is 0 Å². The van der Waals surface area contributed by atoms with Gasteiger partial charge >= 0.3 is 0 Å². The van der Waals surface area contributed by atoms with Gasteiger partial charge in [-0.2, -0.15) is 0 Å². The SMILES string of the molecule is CC(C)CC1NC(=O)C(CCN)NC(=O)[C@@H](NC(=O)[C@H](CCN)NC(=O)[C@@H](NC(=O)C(c2ccccc2)C2CCCC2)[C@@H](C)O)CCNC(=O)[C@H]([C@@H](C)O)NC(=O)[C@H](CCN)NC(=O)[C@H](CCN)NC(=O)C(CC(C)C)NC1=O. The number of nitrogens with one attached hydrogen (secondary N) is 10. The van der Waals surface area contributed by atoms with Gasteiger partial charge in [0.15, 0.2) is 0 Å². The number of benzene rings is 1. The van der Waals surface area contributed by atoms with Gasteiger partial charge in [-0.05, 0) is 121 Å². The summed E-state index contributed by atoms with van der Waals surface area (Å²) in [6, 6.07) is -3.85. The Balaban J connectivity index is 2.06. The van der Waals surface area contributed by atoms with E-state index in [4.69, 9.17) is 22.9 Å². The zero-order chi connectivity index (χ0) is 58.9. The van der Waals surface area contributed by atoms with Crippen molar-refractivity contribution in [2.75, 3.05) is 32.7 Å². The lowest BCUT2D eigenvalue weighted by Gasteiger charge is -2.29. The summed E-state index contributed by atoms with van der Waals surface area (Å²) in [5, 5.41) is 47.6. The van der Waals surface area contributed by atoms with E-state index in [0.717, 1.165) is 31.2 Å². The van der Waals surface area contributed by atoms with Crippen molar-refractivity contribution in [1.29, 1.82) is 0 Å². The number of hydrogen-bond acceptors (Lipinski definition) is 16. The number of aliphatic hydroxyl groups is 2. The predicted octanol–water partition coefficient (Wildman–Crippen LogP) is -3.91. The van der Waals surface area contributed by atoms with E-state index >= 15 is 0 Å². The molecular formula is C53H90N14O12. The number of rotatable bonds is 22. The van der Waals surface area contributed by atoms with Crippen LogP contribution in [0.2, 0.25) is 0 Å². The van der Waals surface area contributed by atoms with E-state index in [-0.39, 0.29) is 82.5 Å². The molecule has 1 aliphatic heterocycles. The van der Waals surface area contributed by atoms with Crippen LogP contribution in [0.5, 0.6) is 0 Å². The predicted molar refractivity (Wildman–Crippen MR) is 293 cm³/mol. The van der Waals surface area contributed by atoms with Crippen molar-refractivity contribution in [3.63, 3.8) is 0 Å². The molecule has 12 atom stereocenters. The fourth-order valence-electron chi connectivity index (χ4n) is 9.66. The first kappa shape index (κ1) is 67.0. The summed E-state index contributed by atoms with van der Waals surface area (Å²) in [6.45, 7) is 8.76. The van der Waals surface area contributed by atoms with Crippen LogP contribution in [0.1, 0.15) is 124 Å². The molecular weight excluding hydrogens is 1020 g/mol. The first-order chi connectivity index (χ1) is 37.5. The normalized spacial score (nSPS) is 24.7. The highest BCUT2D eigenvalue weighted by Crippen LogP contribution is 2.37. The summed E-state index contributed by atoms with van der Waals surface area (Å²) in [6.07, 6.45) is -0.458. The van der Waals surface area contributed by atoms with E-state index in [2.05, 4.69) is 53.2 Å². The van der Waals surface area contributed by atoms with Gasteiger partial charge in [0.25, 0.3) is 0 Å². The first-order valence-electron chi connectivity index (χ1n) is 27.7. The summed E-state index contributed by atoms with van der Waals surface area (Å²) >= 11 is 0. The third-order valence-electron chi connectivity index (χ3n) is 13.8. The first-order valence-corrected chi connectivity index (χ1v) is 27.7. The molecule has 2 aliphatic rings. The minimum Gasteiger partial charge on any atom is -0.391 e. The lowest BCUT2D eigenvalue weighted by atomic mass is 9.84. The van der Waals surface area contributed by atoms with Gasteiger partial charge in [0.1, 0.15) is 54.4 Å². The van der Waals surface area contributed by atoms with Crippen LogP contribution < -0.4 is 76.1 Å². The minimum atomic E-state index is -1.66. The van der Waals surface area contributed by atoms with Crippen LogP contribution in [-0.2, 0) is 47.9 Å². The second-order valence-electron chi connectivity index (χ2n) is 21.5. The fraction of sp³-hybridized carbons (Fsp3) is 0.698. The molecule has 1 saturated carbocycles. The van der Waals surface area contributed by atoms with E-state index in [1.54, 1.807) is 27.7 Å². The highest BCUT2D eigenvalue weighted by atomic mass is 16.3. The molecule has 20 N–H and O–H groups in total. The molecule has 444 valence electrons. The zero-order valence-electron chi connectivity index (χ0n) is 46.6. The number of amides is 10. The molecule has 4 unspecified atom stereocenters. The number of hydrogen-bond donors (Lipinski definition) is 16. The molecule has 26 nitrogen and oxygen atoms in total. The highest BCUT2D eigenvalue weighted by Gasteiger charge is 2.39. The Kier molecular flexibility index (Phi) is 28.8. The van der Waals surface area contributed by atoms with Crippen LogP contribution in [0.4, 0.5) is 0 Å².